The molecule has 1 rings (SSSR count). The average Bonchev–Trinajstić information content (AvgIpc) is 2.39. The van der Waals surface area contributed by atoms with E-state index < -0.39 is 0 Å². The van der Waals surface area contributed by atoms with Crippen LogP contribution in [0.1, 0.15) is 43.6 Å². The van der Waals surface area contributed by atoms with E-state index >= 15 is 0 Å². The molecule has 4 heteroatoms. The molecule has 0 saturated carbocycles. The minimum atomic E-state index is 0.0565. The zero-order valence-electron chi connectivity index (χ0n) is 11.4. The first-order valence-electron chi connectivity index (χ1n) is 5.86. The molecule has 0 fully saturated rings. The Morgan fingerprint density at radius 3 is 2.22 bits per heavy atom. The highest BCUT2D eigenvalue weighted by molar-refractivity contribution is 5.94. The number of ether oxygens (including phenoxy) is 1. The molecule has 0 radical (unpaired) electrons. The number of hydrogen-bond donors (Lipinski definition) is 0. The molecule has 0 spiro atoms. The van der Waals surface area contributed by atoms with Crippen molar-refractivity contribution in [3.8, 4) is 0 Å². The van der Waals surface area contributed by atoms with Gasteiger partial charge in [-0.1, -0.05) is 38.1 Å². The molecule has 0 N–H and O–H groups in total. The topological polar surface area (TPSA) is 51.0 Å². The molecular formula is C14H20N2O2. The Morgan fingerprint density at radius 1 is 1.22 bits per heavy atom. The highest BCUT2D eigenvalue weighted by Gasteiger charge is 1.99. The number of Topliss-reactive ketones (excluding diaryl/α,β-unsaturated/α-hetero) is 1. The van der Waals surface area contributed by atoms with Crippen molar-refractivity contribution in [3.63, 3.8) is 0 Å². The second kappa shape index (κ2) is 9.10. The van der Waals surface area contributed by atoms with Crippen LogP contribution in [0.3, 0.4) is 0 Å². The Labute approximate surface area is 108 Å². The van der Waals surface area contributed by atoms with Crippen molar-refractivity contribution >= 4 is 18.4 Å². The molecule has 0 aromatic heterocycles. The lowest BCUT2D eigenvalue weighted by Crippen LogP contribution is -2.00. The minimum absolute atomic E-state index is 0.0565. The third-order valence-electron chi connectivity index (χ3n) is 2.02. The van der Waals surface area contributed by atoms with E-state index in [2.05, 4.69) is 16.9 Å². The van der Waals surface area contributed by atoms with E-state index in [4.69, 9.17) is 4.74 Å². The largest absolute Gasteiger partial charge is 0.475 e. The van der Waals surface area contributed by atoms with Gasteiger partial charge in [-0.25, -0.2) is 0 Å². The maximum Gasteiger partial charge on any atom is 0.205 e. The minimum Gasteiger partial charge on any atom is -0.475 e. The standard InChI is InChI=1S/C12H14N2O2.C2H6/c1-9(15)12-6-4-11(5-7-12)8-16-10(2)14-13-3;1-2/h4-7H,3,8H2,1-2H3;1-2H3/b14-10-;. The number of rotatable bonds is 4. The van der Waals surface area contributed by atoms with E-state index in [1.165, 1.54) is 6.92 Å². The predicted octanol–water partition coefficient (Wildman–Crippen LogP) is 3.47. The molecule has 18 heavy (non-hydrogen) atoms. The number of ketones is 1. The number of benzene rings is 1. The number of nitrogens with zero attached hydrogens (tertiary/aromatic N) is 2. The molecule has 0 heterocycles. The first kappa shape index (κ1) is 16.0. The van der Waals surface area contributed by atoms with Crippen LogP contribution in [-0.4, -0.2) is 18.4 Å². The fourth-order valence-electron chi connectivity index (χ4n) is 1.15. The Bertz CT molecular complexity index is 408. The summed E-state index contributed by atoms with van der Waals surface area (Å²) in [7, 11) is 0. The molecule has 0 saturated heterocycles. The van der Waals surface area contributed by atoms with Gasteiger partial charge in [-0.3, -0.25) is 4.79 Å². The summed E-state index contributed by atoms with van der Waals surface area (Å²) in [5.41, 5.74) is 1.67. The predicted molar refractivity (Wildman–Crippen MR) is 75.2 cm³/mol. The fraction of sp³-hybridized carbons (Fsp3) is 0.357. The molecule has 98 valence electrons. The maximum absolute atomic E-state index is 11.0. The summed E-state index contributed by atoms with van der Waals surface area (Å²) < 4.78 is 5.30. The lowest BCUT2D eigenvalue weighted by Gasteiger charge is -2.04. The molecule has 0 unspecified atom stereocenters. The SMILES string of the molecule is C=N/N=C(/C)OCc1ccc(C(C)=O)cc1.CC. The van der Waals surface area contributed by atoms with Crippen LogP contribution >= 0.6 is 0 Å². The van der Waals surface area contributed by atoms with Gasteiger partial charge in [0.2, 0.25) is 5.90 Å². The Hall–Kier alpha value is -1.97. The highest BCUT2D eigenvalue weighted by atomic mass is 16.5. The first-order valence-corrected chi connectivity index (χ1v) is 5.86. The summed E-state index contributed by atoms with van der Waals surface area (Å²) in [6, 6.07) is 7.26. The maximum atomic E-state index is 11.0. The Morgan fingerprint density at radius 2 is 1.78 bits per heavy atom. The van der Waals surface area contributed by atoms with Crippen molar-refractivity contribution < 1.29 is 9.53 Å². The van der Waals surface area contributed by atoms with Crippen LogP contribution in [-0.2, 0) is 11.3 Å². The van der Waals surface area contributed by atoms with Gasteiger partial charge in [0.15, 0.2) is 5.78 Å². The van der Waals surface area contributed by atoms with Gasteiger partial charge in [0.1, 0.15) is 6.61 Å². The Kier molecular flexibility index (Phi) is 8.10. The van der Waals surface area contributed by atoms with Crippen molar-refractivity contribution in [1.29, 1.82) is 0 Å². The van der Waals surface area contributed by atoms with E-state index in [0.717, 1.165) is 5.56 Å². The van der Waals surface area contributed by atoms with Crippen molar-refractivity contribution in [3.05, 3.63) is 35.4 Å². The lowest BCUT2D eigenvalue weighted by molar-refractivity contribution is 0.101. The van der Waals surface area contributed by atoms with E-state index in [0.29, 0.717) is 18.1 Å². The first-order chi connectivity index (χ1) is 8.63. The molecule has 4 nitrogen and oxygen atoms in total. The lowest BCUT2D eigenvalue weighted by atomic mass is 10.1. The summed E-state index contributed by atoms with van der Waals surface area (Å²) in [6.45, 7) is 10.9. The summed E-state index contributed by atoms with van der Waals surface area (Å²) in [4.78, 5) is 11.0. The van der Waals surface area contributed by atoms with Crippen LogP contribution in [0.2, 0.25) is 0 Å². The van der Waals surface area contributed by atoms with Gasteiger partial charge in [0.25, 0.3) is 0 Å². The zero-order chi connectivity index (χ0) is 14.0. The van der Waals surface area contributed by atoms with Crippen LogP contribution in [0, 0.1) is 0 Å². The zero-order valence-corrected chi connectivity index (χ0v) is 11.4. The molecule has 0 aliphatic rings. The second-order valence-corrected chi connectivity index (χ2v) is 3.30. The van der Waals surface area contributed by atoms with Gasteiger partial charge in [-0.2, -0.15) is 5.10 Å². The summed E-state index contributed by atoms with van der Waals surface area (Å²) in [6.07, 6.45) is 0. The summed E-state index contributed by atoms with van der Waals surface area (Å²) in [5.74, 6) is 0.520. The third kappa shape index (κ3) is 5.94. The van der Waals surface area contributed by atoms with Crippen LogP contribution in [0.15, 0.2) is 34.5 Å². The molecule has 0 bridgehead atoms. The molecule has 1 aromatic rings. The van der Waals surface area contributed by atoms with Crippen LogP contribution in [0.5, 0.6) is 0 Å². The number of hydrogen-bond acceptors (Lipinski definition) is 4. The van der Waals surface area contributed by atoms with Crippen molar-refractivity contribution in [2.24, 2.45) is 10.2 Å². The normalized spacial score (nSPS) is 10.1. The fourth-order valence-corrected chi connectivity index (χ4v) is 1.15. The quantitative estimate of drug-likeness (QED) is 0.354. The van der Waals surface area contributed by atoms with Crippen LogP contribution in [0.25, 0.3) is 0 Å². The number of carbonyl (C=O) groups is 1. The van der Waals surface area contributed by atoms with E-state index in [9.17, 15) is 4.79 Å². The van der Waals surface area contributed by atoms with Crippen molar-refractivity contribution in [1.82, 2.24) is 0 Å². The van der Waals surface area contributed by atoms with Gasteiger partial charge in [0.05, 0.1) is 0 Å². The highest BCUT2D eigenvalue weighted by Crippen LogP contribution is 2.06. The monoisotopic (exact) mass is 248 g/mol. The molecule has 0 aliphatic carbocycles. The molecule has 0 aliphatic heterocycles. The summed E-state index contributed by atoms with van der Waals surface area (Å²) in [5, 5.41) is 6.99. The van der Waals surface area contributed by atoms with Crippen molar-refractivity contribution in [2.75, 3.05) is 0 Å². The van der Waals surface area contributed by atoms with Gasteiger partial charge in [-0.15, -0.1) is 5.10 Å². The number of carbonyl (C=O) groups excluding carboxylic acids is 1. The Balaban J connectivity index is 0.00000137. The third-order valence-corrected chi connectivity index (χ3v) is 2.02. The van der Waals surface area contributed by atoms with E-state index in [-0.39, 0.29) is 5.78 Å². The smallest absolute Gasteiger partial charge is 0.205 e. The molecule has 0 atom stereocenters. The second-order valence-electron chi connectivity index (χ2n) is 3.30. The van der Waals surface area contributed by atoms with Gasteiger partial charge in [0, 0.05) is 19.2 Å². The van der Waals surface area contributed by atoms with Gasteiger partial charge < -0.3 is 4.74 Å². The van der Waals surface area contributed by atoms with E-state index in [1.54, 1.807) is 19.1 Å². The van der Waals surface area contributed by atoms with Crippen molar-refractivity contribution in [2.45, 2.75) is 34.3 Å². The molecule has 1 aromatic carbocycles. The van der Waals surface area contributed by atoms with Gasteiger partial charge in [-0.05, 0) is 12.5 Å². The molecular weight excluding hydrogens is 228 g/mol. The van der Waals surface area contributed by atoms with E-state index in [1.807, 2.05) is 26.0 Å². The molecule has 0 amide bonds. The summed E-state index contributed by atoms with van der Waals surface area (Å²) >= 11 is 0. The van der Waals surface area contributed by atoms with Crippen LogP contribution < -0.4 is 0 Å². The van der Waals surface area contributed by atoms with Crippen LogP contribution in [0.4, 0.5) is 0 Å². The van der Waals surface area contributed by atoms with Gasteiger partial charge >= 0.3 is 0 Å². The average molecular weight is 248 g/mol.